The van der Waals surface area contributed by atoms with Crippen LogP contribution >= 0.6 is 0 Å². The molecule has 0 amide bonds. The molecule has 0 aromatic rings. The molecule has 0 aliphatic carbocycles. The van der Waals surface area contributed by atoms with Gasteiger partial charge < -0.3 is 14.2 Å². The highest BCUT2D eigenvalue weighted by molar-refractivity contribution is 5.71. The van der Waals surface area contributed by atoms with Gasteiger partial charge in [-0.2, -0.15) is 0 Å². The summed E-state index contributed by atoms with van der Waals surface area (Å²) >= 11 is 0. The Balaban J connectivity index is 4.46. The van der Waals surface area contributed by atoms with Crippen LogP contribution in [0.3, 0.4) is 0 Å². The van der Waals surface area contributed by atoms with Crippen molar-refractivity contribution in [2.75, 3.05) is 13.2 Å². The zero-order chi connectivity index (χ0) is 47.2. The van der Waals surface area contributed by atoms with E-state index in [1.807, 2.05) is 0 Å². The van der Waals surface area contributed by atoms with Gasteiger partial charge in [0.1, 0.15) is 13.2 Å². The first-order chi connectivity index (χ1) is 32.0. The van der Waals surface area contributed by atoms with E-state index in [0.29, 0.717) is 19.3 Å². The predicted molar refractivity (Wildman–Crippen MR) is 279 cm³/mol. The van der Waals surface area contributed by atoms with Crippen LogP contribution in [0.1, 0.15) is 278 Å². The van der Waals surface area contributed by atoms with Gasteiger partial charge in [-0.3, -0.25) is 14.4 Å². The largest absolute Gasteiger partial charge is 0.462 e. The molecule has 0 spiro atoms. The number of carbonyl (C=O) groups excluding carboxylic acids is 3. The highest BCUT2D eigenvalue weighted by Gasteiger charge is 2.19. The Bertz CT molecular complexity index is 1180. The van der Waals surface area contributed by atoms with Gasteiger partial charge in [0.15, 0.2) is 6.10 Å². The molecule has 0 unspecified atom stereocenters. The van der Waals surface area contributed by atoms with Gasteiger partial charge in [-0.1, -0.05) is 216 Å². The molecule has 0 rings (SSSR count). The van der Waals surface area contributed by atoms with Crippen LogP contribution in [0.15, 0.2) is 60.8 Å². The lowest BCUT2D eigenvalue weighted by Gasteiger charge is -2.18. The summed E-state index contributed by atoms with van der Waals surface area (Å²) in [6.45, 7) is 6.58. The Kier molecular flexibility index (Phi) is 51.3. The number of hydrogen-bond acceptors (Lipinski definition) is 6. The van der Waals surface area contributed by atoms with Crippen molar-refractivity contribution >= 4 is 17.9 Å². The third kappa shape index (κ3) is 51.9. The van der Waals surface area contributed by atoms with Crippen molar-refractivity contribution in [3.05, 3.63) is 60.8 Å². The maximum Gasteiger partial charge on any atom is 0.306 e. The second kappa shape index (κ2) is 53.7. The third-order valence-corrected chi connectivity index (χ3v) is 12.0. The van der Waals surface area contributed by atoms with Crippen molar-refractivity contribution in [1.82, 2.24) is 0 Å². The summed E-state index contributed by atoms with van der Waals surface area (Å²) in [5.41, 5.74) is 0. The molecule has 0 fully saturated rings. The molecular formula is C59H104O6. The van der Waals surface area contributed by atoms with E-state index in [1.54, 1.807) is 0 Å². The number of allylic oxidation sites excluding steroid dienone is 10. The van der Waals surface area contributed by atoms with Crippen LogP contribution in [-0.2, 0) is 28.6 Å². The highest BCUT2D eigenvalue weighted by Crippen LogP contribution is 2.14. The van der Waals surface area contributed by atoms with E-state index in [1.165, 1.54) is 167 Å². The number of rotatable bonds is 50. The van der Waals surface area contributed by atoms with Gasteiger partial charge in [0.05, 0.1) is 0 Å². The van der Waals surface area contributed by atoms with E-state index in [0.717, 1.165) is 64.2 Å². The topological polar surface area (TPSA) is 78.9 Å². The number of unbranched alkanes of at least 4 members (excludes halogenated alkanes) is 29. The number of ether oxygens (including phenoxy) is 3. The standard InChI is InChI=1S/C59H104O6/c1-4-7-10-13-16-19-22-25-28-29-32-34-37-40-43-46-49-52-58(61)64-55-56(65-59(62)53-50-47-44-41-38-35-31-27-24-21-18-15-12-9-6-3)54-63-57(60)51-48-45-42-39-36-33-30-26-23-20-17-14-11-8-5-2/h21,24-26,28,30,32,34,40,43,56H,4-20,22-23,27,29,31,33,35-39,41-42,44-55H2,1-3H3/b24-21-,28-25-,30-26-,34-32-,43-40-/t56-/m0/s1. The lowest BCUT2D eigenvalue weighted by Crippen LogP contribution is -2.30. The van der Waals surface area contributed by atoms with Crippen molar-refractivity contribution < 1.29 is 28.6 Å². The van der Waals surface area contributed by atoms with Crippen LogP contribution in [0.4, 0.5) is 0 Å². The molecule has 0 N–H and O–H groups in total. The van der Waals surface area contributed by atoms with E-state index < -0.39 is 6.10 Å². The molecule has 6 nitrogen and oxygen atoms in total. The summed E-state index contributed by atoms with van der Waals surface area (Å²) in [6.07, 6.45) is 66.4. The maximum atomic E-state index is 12.8. The van der Waals surface area contributed by atoms with E-state index in [2.05, 4.69) is 81.5 Å². The molecule has 0 aromatic heterocycles. The van der Waals surface area contributed by atoms with Crippen LogP contribution in [0.2, 0.25) is 0 Å². The average molecular weight is 909 g/mol. The van der Waals surface area contributed by atoms with Crippen molar-refractivity contribution in [2.24, 2.45) is 0 Å². The number of esters is 3. The molecule has 0 saturated carbocycles. The van der Waals surface area contributed by atoms with Crippen molar-refractivity contribution in [2.45, 2.75) is 284 Å². The summed E-state index contributed by atoms with van der Waals surface area (Å²) in [5.74, 6) is -0.954. The molecule has 0 aliphatic rings. The van der Waals surface area contributed by atoms with Gasteiger partial charge in [-0.05, 0) is 103 Å². The number of hydrogen-bond donors (Lipinski definition) is 0. The van der Waals surface area contributed by atoms with Gasteiger partial charge in [-0.15, -0.1) is 0 Å². The molecular weight excluding hydrogens is 805 g/mol. The quantitative estimate of drug-likeness (QED) is 0.0262. The molecule has 0 aromatic carbocycles. The van der Waals surface area contributed by atoms with Crippen LogP contribution in [0.5, 0.6) is 0 Å². The number of carbonyl (C=O) groups is 3. The van der Waals surface area contributed by atoms with Crippen LogP contribution in [-0.4, -0.2) is 37.2 Å². The minimum absolute atomic E-state index is 0.0951. The van der Waals surface area contributed by atoms with Crippen molar-refractivity contribution in [3.8, 4) is 0 Å². The minimum atomic E-state index is -0.799. The lowest BCUT2D eigenvalue weighted by molar-refractivity contribution is -0.167. The first-order valence-electron chi connectivity index (χ1n) is 27.8. The Morgan fingerprint density at radius 1 is 0.308 bits per heavy atom. The molecule has 6 heteroatoms. The fourth-order valence-corrected chi connectivity index (χ4v) is 7.74. The van der Waals surface area contributed by atoms with Crippen molar-refractivity contribution in [3.63, 3.8) is 0 Å². The van der Waals surface area contributed by atoms with Crippen LogP contribution < -0.4 is 0 Å². The molecule has 0 radical (unpaired) electrons. The fourth-order valence-electron chi connectivity index (χ4n) is 7.74. The highest BCUT2D eigenvalue weighted by atomic mass is 16.6. The Morgan fingerprint density at radius 2 is 0.569 bits per heavy atom. The zero-order valence-electron chi connectivity index (χ0n) is 43.0. The Labute approximate surface area is 402 Å². The maximum absolute atomic E-state index is 12.8. The van der Waals surface area contributed by atoms with Gasteiger partial charge in [0.25, 0.3) is 0 Å². The van der Waals surface area contributed by atoms with E-state index in [-0.39, 0.29) is 37.5 Å². The summed E-state index contributed by atoms with van der Waals surface area (Å²) in [7, 11) is 0. The van der Waals surface area contributed by atoms with E-state index >= 15 is 0 Å². The van der Waals surface area contributed by atoms with E-state index in [9.17, 15) is 14.4 Å². The lowest BCUT2D eigenvalue weighted by atomic mass is 10.1. The molecule has 0 saturated heterocycles. The first-order valence-corrected chi connectivity index (χ1v) is 27.8. The summed E-state index contributed by atoms with van der Waals surface area (Å²) in [4.78, 5) is 38.1. The SMILES string of the molecule is CCCCCC/C=C\CCCCCCCCCC(=O)O[C@H](COC(=O)CCC/C=C\C/C=C\C/C=C\CCCCCCCC)COC(=O)CCCCCCC/C=C\CCCCCCCC. The summed E-state index contributed by atoms with van der Waals surface area (Å²) in [6, 6.07) is 0. The second-order valence-corrected chi connectivity index (χ2v) is 18.5. The van der Waals surface area contributed by atoms with Gasteiger partial charge >= 0.3 is 17.9 Å². The molecule has 0 bridgehead atoms. The molecule has 65 heavy (non-hydrogen) atoms. The summed E-state index contributed by atoms with van der Waals surface area (Å²) < 4.78 is 16.8. The smallest absolute Gasteiger partial charge is 0.306 e. The molecule has 0 aliphatic heterocycles. The van der Waals surface area contributed by atoms with Gasteiger partial charge in [-0.25, -0.2) is 0 Å². The van der Waals surface area contributed by atoms with E-state index in [4.69, 9.17) is 14.2 Å². The third-order valence-electron chi connectivity index (χ3n) is 12.0. The minimum Gasteiger partial charge on any atom is -0.462 e. The predicted octanol–water partition coefficient (Wildman–Crippen LogP) is 18.4. The molecule has 0 heterocycles. The molecule has 376 valence electrons. The fraction of sp³-hybridized carbons (Fsp3) is 0.780. The van der Waals surface area contributed by atoms with Crippen LogP contribution in [0.25, 0.3) is 0 Å². The van der Waals surface area contributed by atoms with Gasteiger partial charge in [0.2, 0.25) is 0 Å². The van der Waals surface area contributed by atoms with Crippen LogP contribution in [0, 0.1) is 0 Å². The second-order valence-electron chi connectivity index (χ2n) is 18.5. The normalized spacial score (nSPS) is 12.5. The average Bonchev–Trinajstić information content (AvgIpc) is 3.30. The van der Waals surface area contributed by atoms with Gasteiger partial charge in [0, 0.05) is 19.3 Å². The summed E-state index contributed by atoms with van der Waals surface area (Å²) in [5, 5.41) is 0. The Hall–Kier alpha value is -2.89. The zero-order valence-corrected chi connectivity index (χ0v) is 43.0. The first kappa shape index (κ1) is 62.1. The monoisotopic (exact) mass is 909 g/mol. The molecule has 1 atom stereocenters. The van der Waals surface area contributed by atoms with Crippen molar-refractivity contribution in [1.29, 1.82) is 0 Å². The Morgan fingerprint density at radius 3 is 0.954 bits per heavy atom.